The number of rotatable bonds is 4. The van der Waals surface area contributed by atoms with Gasteiger partial charge in [0.1, 0.15) is 0 Å². The molecule has 1 heterocycles. The van der Waals surface area contributed by atoms with Crippen molar-refractivity contribution in [3.05, 3.63) is 65.0 Å². The van der Waals surface area contributed by atoms with E-state index in [2.05, 4.69) is 10.4 Å². The zero-order valence-electron chi connectivity index (χ0n) is 11.5. The summed E-state index contributed by atoms with van der Waals surface area (Å²) in [6.07, 6.45) is -2.36. The zero-order chi connectivity index (χ0) is 15.5. The highest BCUT2D eigenvalue weighted by Gasteiger charge is 2.30. The molecule has 0 fully saturated rings. The Labute approximate surface area is 121 Å². The number of halogens is 3. The molecule has 1 aromatic heterocycles. The zero-order valence-corrected chi connectivity index (χ0v) is 11.5. The predicted molar refractivity (Wildman–Crippen MR) is 74.2 cm³/mol. The Bertz CT molecular complexity index is 611. The van der Waals surface area contributed by atoms with Crippen LogP contribution in [0, 0.1) is 6.92 Å². The highest BCUT2D eigenvalue weighted by Crippen LogP contribution is 2.30. The average Bonchev–Trinajstić information content (AvgIpc) is 2.44. The van der Waals surface area contributed by atoms with Gasteiger partial charge in [-0.3, -0.25) is 16.3 Å². The van der Waals surface area contributed by atoms with E-state index in [0.29, 0.717) is 17.7 Å². The summed E-state index contributed by atoms with van der Waals surface area (Å²) in [4.78, 5) is 4.21. The molecule has 1 aromatic carbocycles. The SMILES string of the molecule is Cc1ccnc(C(Cc2cccc(C(F)(F)F)c2)NN)c1. The highest BCUT2D eigenvalue weighted by atomic mass is 19.4. The van der Waals surface area contributed by atoms with E-state index in [1.807, 2.05) is 19.1 Å². The van der Waals surface area contributed by atoms with Crippen LogP contribution in [-0.4, -0.2) is 4.98 Å². The Morgan fingerprint density at radius 2 is 2.00 bits per heavy atom. The smallest absolute Gasteiger partial charge is 0.271 e. The Hall–Kier alpha value is -1.92. The fourth-order valence-electron chi connectivity index (χ4n) is 2.11. The molecule has 0 radical (unpaired) electrons. The van der Waals surface area contributed by atoms with Gasteiger partial charge in [0.15, 0.2) is 0 Å². The second-order valence-corrected chi connectivity index (χ2v) is 4.88. The first kappa shape index (κ1) is 15.5. The van der Waals surface area contributed by atoms with Crippen molar-refractivity contribution in [3.63, 3.8) is 0 Å². The number of aromatic nitrogens is 1. The summed E-state index contributed by atoms with van der Waals surface area (Å²) in [5, 5.41) is 0. The molecule has 2 aromatic rings. The van der Waals surface area contributed by atoms with Crippen LogP contribution in [0.1, 0.15) is 28.4 Å². The van der Waals surface area contributed by atoms with Gasteiger partial charge in [0.25, 0.3) is 0 Å². The normalized spacial score (nSPS) is 13.2. The molecule has 0 aliphatic carbocycles. The molecule has 3 nitrogen and oxygen atoms in total. The number of nitrogens with one attached hydrogen (secondary N) is 1. The van der Waals surface area contributed by atoms with Crippen LogP contribution in [0.2, 0.25) is 0 Å². The average molecular weight is 295 g/mol. The summed E-state index contributed by atoms with van der Waals surface area (Å²) in [6, 6.07) is 8.61. The molecule has 0 aliphatic rings. The van der Waals surface area contributed by atoms with Crippen molar-refractivity contribution in [3.8, 4) is 0 Å². The minimum Gasteiger partial charge on any atom is -0.271 e. The maximum Gasteiger partial charge on any atom is 0.416 e. The lowest BCUT2D eigenvalue weighted by atomic mass is 10.0. The molecule has 0 bridgehead atoms. The molecule has 0 aliphatic heterocycles. The molecule has 0 spiro atoms. The number of hydrogen-bond donors (Lipinski definition) is 2. The largest absolute Gasteiger partial charge is 0.416 e. The monoisotopic (exact) mass is 295 g/mol. The predicted octanol–water partition coefficient (Wildman–Crippen LogP) is 3.16. The summed E-state index contributed by atoms with van der Waals surface area (Å²) >= 11 is 0. The van der Waals surface area contributed by atoms with Gasteiger partial charge in [0.05, 0.1) is 17.3 Å². The number of nitrogens with zero attached hydrogens (tertiary/aromatic N) is 1. The molecule has 0 amide bonds. The van der Waals surface area contributed by atoms with Gasteiger partial charge in [-0.1, -0.05) is 18.2 Å². The molecule has 3 N–H and O–H groups in total. The van der Waals surface area contributed by atoms with Crippen LogP contribution in [0.15, 0.2) is 42.6 Å². The molecular formula is C15H16F3N3. The number of benzene rings is 1. The fraction of sp³-hybridized carbons (Fsp3) is 0.267. The van der Waals surface area contributed by atoms with E-state index in [4.69, 9.17) is 5.84 Å². The van der Waals surface area contributed by atoms with Crippen molar-refractivity contribution in [2.75, 3.05) is 0 Å². The minimum atomic E-state index is -4.34. The van der Waals surface area contributed by atoms with Gasteiger partial charge < -0.3 is 0 Å². The number of pyridine rings is 1. The first-order chi connectivity index (χ1) is 9.90. The third-order valence-electron chi connectivity index (χ3n) is 3.19. The van der Waals surface area contributed by atoms with Crippen LogP contribution in [0.4, 0.5) is 13.2 Å². The first-order valence-electron chi connectivity index (χ1n) is 6.45. The van der Waals surface area contributed by atoms with Crippen LogP contribution in [0.25, 0.3) is 0 Å². The van der Waals surface area contributed by atoms with Crippen molar-refractivity contribution in [2.45, 2.75) is 25.6 Å². The summed E-state index contributed by atoms with van der Waals surface area (Å²) in [5.41, 5.74) is 4.22. The summed E-state index contributed by atoms with van der Waals surface area (Å²) in [7, 11) is 0. The topological polar surface area (TPSA) is 50.9 Å². The molecule has 0 saturated carbocycles. The van der Waals surface area contributed by atoms with E-state index < -0.39 is 11.7 Å². The van der Waals surface area contributed by atoms with Gasteiger partial charge in [-0.15, -0.1) is 0 Å². The number of hydrogen-bond acceptors (Lipinski definition) is 3. The Morgan fingerprint density at radius 3 is 2.62 bits per heavy atom. The summed E-state index contributed by atoms with van der Waals surface area (Å²) < 4.78 is 38.1. The molecule has 0 saturated heterocycles. The molecular weight excluding hydrogens is 279 g/mol. The van der Waals surface area contributed by atoms with Gasteiger partial charge in [0.2, 0.25) is 0 Å². The highest BCUT2D eigenvalue weighted by molar-refractivity contribution is 5.28. The minimum absolute atomic E-state index is 0.330. The summed E-state index contributed by atoms with van der Waals surface area (Å²) in [6.45, 7) is 1.92. The lowest BCUT2D eigenvalue weighted by Gasteiger charge is -2.17. The van der Waals surface area contributed by atoms with Crippen molar-refractivity contribution >= 4 is 0 Å². The Balaban J connectivity index is 2.23. The number of alkyl halides is 3. The van der Waals surface area contributed by atoms with Crippen LogP contribution < -0.4 is 11.3 Å². The molecule has 112 valence electrons. The van der Waals surface area contributed by atoms with E-state index in [0.717, 1.165) is 17.7 Å². The Kier molecular flexibility index (Phi) is 4.59. The molecule has 21 heavy (non-hydrogen) atoms. The Morgan fingerprint density at radius 1 is 1.24 bits per heavy atom. The molecule has 6 heteroatoms. The van der Waals surface area contributed by atoms with Crippen molar-refractivity contribution < 1.29 is 13.2 Å². The van der Waals surface area contributed by atoms with Gasteiger partial charge >= 0.3 is 6.18 Å². The van der Waals surface area contributed by atoms with Gasteiger partial charge in [-0.05, 0) is 42.7 Å². The van der Waals surface area contributed by atoms with E-state index >= 15 is 0 Å². The lowest BCUT2D eigenvalue weighted by molar-refractivity contribution is -0.137. The number of aryl methyl sites for hydroxylation is 1. The van der Waals surface area contributed by atoms with Crippen molar-refractivity contribution in [1.29, 1.82) is 0 Å². The van der Waals surface area contributed by atoms with Crippen LogP contribution >= 0.6 is 0 Å². The van der Waals surface area contributed by atoms with E-state index in [1.54, 1.807) is 12.3 Å². The summed E-state index contributed by atoms with van der Waals surface area (Å²) in [5.74, 6) is 5.51. The van der Waals surface area contributed by atoms with E-state index in [1.165, 1.54) is 6.07 Å². The maximum atomic E-state index is 12.7. The molecule has 2 rings (SSSR count). The first-order valence-corrected chi connectivity index (χ1v) is 6.45. The second-order valence-electron chi connectivity index (χ2n) is 4.88. The van der Waals surface area contributed by atoms with E-state index in [9.17, 15) is 13.2 Å². The number of hydrazine groups is 1. The third-order valence-corrected chi connectivity index (χ3v) is 3.19. The number of nitrogens with two attached hydrogens (primary N) is 1. The van der Waals surface area contributed by atoms with Crippen LogP contribution in [-0.2, 0) is 12.6 Å². The van der Waals surface area contributed by atoms with Crippen LogP contribution in [0.3, 0.4) is 0 Å². The van der Waals surface area contributed by atoms with Gasteiger partial charge in [-0.25, -0.2) is 0 Å². The second kappa shape index (κ2) is 6.24. The van der Waals surface area contributed by atoms with Gasteiger partial charge in [0, 0.05) is 6.20 Å². The maximum absolute atomic E-state index is 12.7. The lowest BCUT2D eigenvalue weighted by Crippen LogP contribution is -2.30. The standard InChI is InChI=1S/C15H16F3N3/c1-10-5-6-20-13(7-10)14(21-19)9-11-3-2-4-12(8-11)15(16,17)18/h2-8,14,21H,9,19H2,1H3. The van der Waals surface area contributed by atoms with Gasteiger partial charge in [-0.2, -0.15) is 13.2 Å². The quantitative estimate of drug-likeness (QED) is 0.673. The van der Waals surface area contributed by atoms with E-state index in [-0.39, 0.29) is 6.04 Å². The molecule has 1 unspecified atom stereocenters. The van der Waals surface area contributed by atoms with Crippen LogP contribution in [0.5, 0.6) is 0 Å². The molecule has 1 atom stereocenters. The van der Waals surface area contributed by atoms with Crippen molar-refractivity contribution in [1.82, 2.24) is 10.4 Å². The fourth-order valence-corrected chi connectivity index (χ4v) is 2.11. The van der Waals surface area contributed by atoms with Crippen molar-refractivity contribution in [2.24, 2.45) is 5.84 Å². The third kappa shape index (κ3) is 4.03.